The van der Waals surface area contributed by atoms with Gasteiger partial charge in [0, 0.05) is 24.7 Å². The summed E-state index contributed by atoms with van der Waals surface area (Å²) in [6.07, 6.45) is -0.243. The maximum absolute atomic E-state index is 12.8. The van der Waals surface area contributed by atoms with E-state index in [4.69, 9.17) is 16.3 Å². The highest BCUT2D eigenvalue weighted by molar-refractivity contribution is 6.31. The van der Waals surface area contributed by atoms with E-state index in [1.54, 1.807) is 7.05 Å². The van der Waals surface area contributed by atoms with Gasteiger partial charge in [0.1, 0.15) is 17.4 Å². The number of anilines is 1. The normalized spacial score (nSPS) is 15.7. The molecule has 27 heavy (non-hydrogen) atoms. The number of halogens is 1. The summed E-state index contributed by atoms with van der Waals surface area (Å²) in [6, 6.07) is 11.7. The smallest absolute Gasteiger partial charge is 0.282 e. The summed E-state index contributed by atoms with van der Waals surface area (Å²) in [5.74, 6) is 0.305. The third kappa shape index (κ3) is 3.98. The third-order valence-electron chi connectivity index (χ3n) is 4.52. The molecular weight excluding hydrogens is 370 g/mol. The molecule has 142 valence electrons. The molecular formula is C19H20ClN3O4. The molecule has 1 amide bonds. The molecule has 1 atom stereocenters. The Morgan fingerprint density at radius 1 is 1.37 bits per heavy atom. The molecule has 0 unspecified atom stereocenters. The number of fused-ring (bicyclic) bond motifs is 1. The van der Waals surface area contributed by atoms with E-state index in [-0.39, 0.29) is 22.4 Å². The van der Waals surface area contributed by atoms with Crippen molar-refractivity contribution < 1.29 is 14.5 Å². The van der Waals surface area contributed by atoms with Gasteiger partial charge >= 0.3 is 0 Å². The molecule has 0 aromatic heterocycles. The van der Waals surface area contributed by atoms with Crippen LogP contribution in [0.5, 0.6) is 5.75 Å². The SMILES string of the molecule is CCN1C[C@H](CN(C)C(=O)c2cc(Cl)ccc2[N+](=O)[O-])Oc2ccccc21. The van der Waals surface area contributed by atoms with Crippen LogP contribution in [0.3, 0.4) is 0 Å². The van der Waals surface area contributed by atoms with Gasteiger partial charge in [-0.3, -0.25) is 14.9 Å². The van der Waals surface area contributed by atoms with Gasteiger partial charge in [-0.25, -0.2) is 0 Å². The Kier molecular flexibility index (Phi) is 5.51. The van der Waals surface area contributed by atoms with Crippen molar-refractivity contribution in [3.05, 3.63) is 63.2 Å². The Hall–Kier alpha value is -2.80. The number of likely N-dealkylation sites (N-methyl/N-ethyl adjacent to an activating group) is 2. The average molecular weight is 390 g/mol. The molecule has 2 aromatic carbocycles. The number of carbonyl (C=O) groups is 1. The van der Waals surface area contributed by atoms with Crippen LogP contribution in [0.25, 0.3) is 0 Å². The lowest BCUT2D eigenvalue weighted by molar-refractivity contribution is -0.385. The van der Waals surface area contributed by atoms with E-state index in [0.29, 0.717) is 13.1 Å². The fraction of sp³-hybridized carbons (Fsp3) is 0.316. The van der Waals surface area contributed by atoms with E-state index in [9.17, 15) is 14.9 Å². The summed E-state index contributed by atoms with van der Waals surface area (Å²) in [4.78, 5) is 27.1. The Bertz CT molecular complexity index is 874. The standard InChI is InChI=1S/C19H20ClN3O4/c1-3-22-12-14(27-18-7-5-4-6-17(18)22)11-21(2)19(24)15-10-13(20)8-9-16(15)23(25)26/h4-10,14H,3,11-12H2,1-2H3/t14-/m0/s1. The van der Waals surface area contributed by atoms with Crippen LogP contribution in [0.2, 0.25) is 5.02 Å². The summed E-state index contributed by atoms with van der Waals surface area (Å²) in [7, 11) is 1.60. The van der Waals surface area contributed by atoms with Gasteiger partial charge in [-0.2, -0.15) is 0 Å². The predicted octanol–water partition coefficient (Wildman–Crippen LogP) is 3.61. The molecule has 8 heteroatoms. The first-order chi connectivity index (χ1) is 12.9. The predicted molar refractivity (Wildman–Crippen MR) is 104 cm³/mol. The second-order valence-corrected chi connectivity index (χ2v) is 6.79. The first-order valence-electron chi connectivity index (χ1n) is 8.60. The van der Waals surface area contributed by atoms with Crippen molar-refractivity contribution in [3.63, 3.8) is 0 Å². The van der Waals surface area contributed by atoms with E-state index in [2.05, 4.69) is 11.8 Å². The number of hydrogen-bond donors (Lipinski definition) is 0. The first-order valence-corrected chi connectivity index (χ1v) is 8.98. The number of carbonyl (C=O) groups excluding carboxylic acids is 1. The summed E-state index contributed by atoms with van der Waals surface area (Å²) >= 11 is 5.93. The van der Waals surface area contributed by atoms with Crippen LogP contribution >= 0.6 is 11.6 Å². The minimum atomic E-state index is -0.580. The molecule has 3 rings (SSSR count). The molecule has 1 heterocycles. The van der Waals surface area contributed by atoms with Gasteiger partial charge in [-0.05, 0) is 31.2 Å². The molecule has 2 aromatic rings. The number of para-hydroxylation sites is 2. The van der Waals surface area contributed by atoms with Crippen LogP contribution in [0, 0.1) is 10.1 Å². The summed E-state index contributed by atoms with van der Waals surface area (Å²) in [5, 5.41) is 11.5. The largest absolute Gasteiger partial charge is 0.485 e. The van der Waals surface area contributed by atoms with Gasteiger partial charge in [-0.1, -0.05) is 23.7 Å². The number of amides is 1. The lowest BCUT2D eigenvalue weighted by Crippen LogP contribution is -2.46. The quantitative estimate of drug-likeness (QED) is 0.576. The molecule has 0 radical (unpaired) electrons. The molecule has 0 fully saturated rings. The molecule has 0 saturated heterocycles. The van der Waals surface area contributed by atoms with E-state index >= 15 is 0 Å². The molecule has 0 aliphatic carbocycles. The first kappa shape index (κ1) is 19.0. The average Bonchev–Trinajstić information content (AvgIpc) is 2.66. The monoisotopic (exact) mass is 389 g/mol. The van der Waals surface area contributed by atoms with E-state index in [1.165, 1.54) is 23.1 Å². The highest BCUT2D eigenvalue weighted by atomic mass is 35.5. The Morgan fingerprint density at radius 2 is 2.11 bits per heavy atom. The summed E-state index contributed by atoms with van der Waals surface area (Å²) in [6.45, 7) is 3.80. The maximum atomic E-state index is 12.8. The van der Waals surface area contributed by atoms with E-state index in [0.717, 1.165) is 18.0 Å². The minimum Gasteiger partial charge on any atom is -0.485 e. The van der Waals surface area contributed by atoms with Crippen molar-refractivity contribution in [1.29, 1.82) is 0 Å². The lowest BCUT2D eigenvalue weighted by Gasteiger charge is -2.37. The number of rotatable bonds is 5. The highest BCUT2D eigenvalue weighted by Gasteiger charge is 2.29. The Balaban J connectivity index is 1.78. The van der Waals surface area contributed by atoms with Crippen LogP contribution in [-0.4, -0.2) is 48.5 Å². The van der Waals surface area contributed by atoms with Gasteiger partial charge in [0.15, 0.2) is 0 Å². The molecule has 1 aliphatic rings. The lowest BCUT2D eigenvalue weighted by atomic mass is 10.1. The Labute approximate surface area is 162 Å². The zero-order valence-electron chi connectivity index (χ0n) is 15.1. The summed E-state index contributed by atoms with van der Waals surface area (Å²) < 4.78 is 6.03. The fourth-order valence-electron chi connectivity index (χ4n) is 3.21. The maximum Gasteiger partial charge on any atom is 0.282 e. The van der Waals surface area contributed by atoms with Crippen molar-refractivity contribution in [2.45, 2.75) is 13.0 Å². The van der Waals surface area contributed by atoms with Crippen molar-refractivity contribution >= 4 is 28.9 Å². The van der Waals surface area contributed by atoms with Gasteiger partial charge in [0.05, 0.1) is 23.7 Å². The molecule has 0 N–H and O–H groups in total. The van der Waals surface area contributed by atoms with Crippen LogP contribution in [-0.2, 0) is 0 Å². The minimum absolute atomic E-state index is 0.0291. The number of nitro groups is 1. The molecule has 0 saturated carbocycles. The zero-order chi connectivity index (χ0) is 19.6. The molecule has 1 aliphatic heterocycles. The van der Waals surface area contributed by atoms with Gasteiger partial charge in [0.2, 0.25) is 0 Å². The fourth-order valence-corrected chi connectivity index (χ4v) is 3.38. The van der Waals surface area contributed by atoms with Gasteiger partial charge in [-0.15, -0.1) is 0 Å². The number of nitro benzene ring substituents is 1. The molecule has 7 nitrogen and oxygen atoms in total. The van der Waals surface area contributed by atoms with Gasteiger partial charge < -0.3 is 14.5 Å². The number of ether oxygens (including phenoxy) is 1. The number of hydrogen-bond acceptors (Lipinski definition) is 5. The van der Waals surface area contributed by atoms with Gasteiger partial charge in [0.25, 0.3) is 11.6 Å². The van der Waals surface area contributed by atoms with Crippen molar-refractivity contribution in [2.24, 2.45) is 0 Å². The van der Waals surface area contributed by atoms with Crippen molar-refractivity contribution in [1.82, 2.24) is 4.90 Å². The number of nitrogens with zero attached hydrogens (tertiary/aromatic N) is 3. The van der Waals surface area contributed by atoms with Crippen LogP contribution in [0.4, 0.5) is 11.4 Å². The zero-order valence-corrected chi connectivity index (χ0v) is 15.8. The van der Waals surface area contributed by atoms with Crippen LogP contribution in [0.1, 0.15) is 17.3 Å². The van der Waals surface area contributed by atoms with Crippen LogP contribution < -0.4 is 9.64 Å². The van der Waals surface area contributed by atoms with Crippen molar-refractivity contribution in [2.75, 3.05) is 31.6 Å². The second kappa shape index (κ2) is 7.84. The number of benzene rings is 2. The highest BCUT2D eigenvalue weighted by Crippen LogP contribution is 2.33. The van der Waals surface area contributed by atoms with Crippen LogP contribution in [0.15, 0.2) is 42.5 Å². The second-order valence-electron chi connectivity index (χ2n) is 6.35. The topological polar surface area (TPSA) is 75.9 Å². The Morgan fingerprint density at radius 3 is 2.81 bits per heavy atom. The van der Waals surface area contributed by atoms with E-state index in [1.807, 2.05) is 24.3 Å². The summed E-state index contributed by atoms with van der Waals surface area (Å²) in [5.41, 5.74) is 0.732. The van der Waals surface area contributed by atoms with Crippen molar-refractivity contribution in [3.8, 4) is 5.75 Å². The van der Waals surface area contributed by atoms with E-state index < -0.39 is 10.8 Å². The molecule has 0 bridgehead atoms. The third-order valence-corrected chi connectivity index (χ3v) is 4.75. The molecule has 0 spiro atoms.